The third-order valence-corrected chi connectivity index (χ3v) is 11.4. The van der Waals surface area contributed by atoms with E-state index in [1.165, 1.54) is 24.0 Å². The Hall–Kier alpha value is -5.80. The summed E-state index contributed by atoms with van der Waals surface area (Å²) in [5.74, 6) is 9.68. The van der Waals surface area contributed by atoms with Gasteiger partial charge in [-0.05, 0) is 110 Å². The van der Waals surface area contributed by atoms with Gasteiger partial charge in [-0.15, -0.1) is 0 Å². The quantitative estimate of drug-likeness (QED) is 0.0357. The van der Waals surface area contributed by atoms with E-state index in [1.807, 2.05) is 60.7 Å². The van der Waals surface area contributed by atoms with E-state index in [2.05, 4.69) is 82.4 Å². The Morgan fingerprint density at radius 2 is 1.44 bits per heavy atom. The van der Waals surface area contributed by atoms with Crippen molar-refractivity contribution in [1.82, 2.24) is 10.3 Å². The number of allylic oxidation sites excluding steroid dienone is 2. The predicted molar refractivity (Wildman–Crippen MR) is 240 cm³/mol. The second-order valence-corrected chi connectivity index (χ2v) is 17.1. The summed E-state index contributed by atoms with van der Waals surface area (Å²) in [7, 11) is 1.72. The fourth-order valence-corrected chi connectivity index (χ4v) is 8.38. The summed E-state index contributed by atoms with van der Waals surface area (Å²) in [5, 5.41) is 4.87. The van der Waals surface area contributed by atoms with Crippen LogP contribution in [0.2, 0.25) is 0 Å². The molecule has 1 aliphatic heterocycles. The third kappa shape index (κ3) is 11.4. The van der Waals surface area contributed by atoms with Gasteiger partial charge in [-0.3, -0.25) is 0 Å². The van der Waals surface area contributed by atoms with Gasteiger partial charge in [0.2, 0.25) is 0 Å². The smallest absolute Gasteiger partial charge is 0.165 e. The third-order valence-electron chi connectivity index (χ3n) is 11.4. The highest BCUT2D eigenvalue weighted by atomic mass is 16.5. The molecular formula is C50H63N5O4. The molecule has 4 aromatic carbocycles. The van der Waals surface area contributed by atoms with Gasteiger partial charge in [0.15, 0.2) is 11.5 Å². The lowest BCUT2D eigenvalue weighted by molar-refractivity contribution is -0.0827. The van der Waals surface area contributed by atoms with Crippen molar-refractivity contribution < 1.29 is 18.9 Å². The zero-order valence-corrected chi connectivity index (χ0v) is 35.7. The molecule has 0 bridgehead atoms. The number of nitrogens with zero attached hydrogens (tertiary/aromatic N) is 1. The van der Waals surface area contributed by atoms with Gasteiger partial charge in [0.25, 0.3) is 0 Å². The summed E-state index contributed by atoms with van der Waals surface area (Å²) in [6.45, 7) is 12.7. The number of methoxy groups -OCH3 is 1. The number of ether oxygens (including phenoxy) is 4. The molecule has 1 heterocycles. The van der Waals surface area contributed by atoms with Crippen molar-refractivity contribution in [2.24, 2.45) is 28.6 Å². The molecule has 312 valence electrons. The minimum absolute atomic E-state index is 0.126. The number of fused-ring (bicyclic) bond motifs is 2. The molecule has 1 fully saturated rings. The lowest BCUT2D eigenvalue weighted by atomic mass is 9.59. The van der Waals surface area contributed by atoms with Crippen molar-refractivity contribution in [1.29, 1.82) is 0 Å². The average molecular weight is 798 g/mol. The van der Waals surface area contributed by atoms with Crippen LogP contribution in [-0.4, -0.2) is 30.9 Å². The van der Waals surface area contributed by atoms with Crippen LogP contribution in [0.4, 0.5) is 0 Å². The first-order valence-corrected chi connectivity index (χ1v) is 20.7. The fourth-order valence-electron chi connectivity index (χ4n) is 8.38. The molecule has 2 atom stereocenters. The number of nitrogens with one attached hydrogen (secondary N) is 1. The van der Waals surface area contributed by atoms with Crippen LogP contribution in [0.1, 0.15) is 87.3 Å². The standard InChI is InChI=1S/C50H63N5O4/c1-35(2)18-21-43-44(57-33-41(51)30-54-29-36-14-9-7-10-15-36)25-39(26-45(43)58-34-42(52)32-55(53)31-37-16-11-8-12-17-37)20-19-38-24-40-28-47-49(3,4)22-13-23-50(47,5)59-48(40)46(27-38)56-6/h7-12,14-20,24-27,30,32,47,54H,13,21-23,28-29,31,33-34,51-53H2,1-6H3/b20-19+,41-30-,42-32-/t47?,50-/m1/s1. The van der Waals surface area contributed by atoms with Crippen molar-refractivity contribution in [2.45, 2.75) is 85.4 Å². The Kier molecular flexibility index (Phi) is 14.0. The Labute approximate surface area is 351 Å². The van der Waals surface area contributed by atoms with Crippen LogP contribution in [0.15, 0.2) is 120 Å². The molecule has 0 aromatic heterocycles. The maximum Gasteiger partial charge on any atom is 0.165 e. The van der Waals surface area contributed by atoms with E-state index in [0.29, 0.717) is 48.3 Å². The number of benzene rings is 4. The van der Waals surface area contributed by atoms with Crippen LogP contribution >= 0.6 is 0 Å². The molecule has 4 aromatic rings. The van der Waals surface area contributed by atoms with Crippen molar-refractivity contribution in [3.8, 4) is 23.0 Å². The van der Waals surface area contributed by atoms with Crippen molar-refractivity contribution in [3.05, 3.63) is 154 Å². The SMILES string of the molecule is COc1cc(/C=C/c2cc(OC/C(N)=C/NCc3ccccc3)c(CC=C(C)C)c(OC/C(N)=C/N(N)Cc3ccccc3)c2)cc2c1O[C@]1(C)CCCC(C)(C)C1C2. The Morgan fingerprint density at radius 1 is 0.831 bits per heavy atom. The lowest BCUT2D eigenvalue weighted by Crippen LogP contribution is -2.54. The maximum absolute atomic E-state index is 6.84. The van der Waals surface area contributed by atoms with E-state index < -0.39 is 0 Å². The van der Waals surface area contributed by atoms with Crippen LogP contribution in [-0.2, 0) is 25.9 Å². The summed E-state index contributed by atoms with van der Waals surface area (Å²) in [6.07, 6.45) is 14.8. The highest BCUT2D eigenvalue weighted by Gasteiger charge is 2.51. The van der Waals surface area contributed by atoms with E-state index in [4.69, 9.17) is 36.3 Å². The summed E-state index contributed by atoms with van der Waals surface area (Å²) in [4.78, 5) is 0. The highest BCUT2D eigenvalue weighted by molar-refractivity contribution is 5.74. The topological polar surface area (TPSA) is 130 Å². The molecule has 0 radical (unpaired) electrons. The average Bonchev–Trinajstić information content (AvgIpc) is 3.20. The molecule has 0 saturated heterocycles. The summed E-state index contributed by atoms with van der Waals surface area (Å²) >= 11 is 0. The molecule has 1 unspecified atom stereocenters. The maximum atomic E-state index is 6.84. The minimum atomic E-state index is -0.209. The monoisotopic (exact) mass is 797 g/mol. The molecular weight excluding hydrogens is 735 g/mol. The Morgan fingerprint density at radius 3 is 2.08 bits per heavy atom. The van der Waals surface area contributed by atoms with Gasteiger partial charge in [-0.2, -0.15) is 0 Å². The number of hydrogen-bond donors (Lipinski definition) is 4. The van der Waals surface area contributed by atoms with Gasteiger partial charge >= 0.3 is 0 Å². The lowest BCUT2D eigenvalue weighted by Gasteiger charge is -2.53. The normalized spacial score (nSPS) is 18.6. The van der Waals surface area contributed by atoms with Crippen molar-refractivity contribution in [2.75, 3.05) is 20.3 Å². The predicted octanol–water partition coefficient (Wildman–Crippen LogP) is 9.42. The van der Waals surface area contributed by atoms with Gasteiger partial charge in [0.1, 0.15) is 30.3 Å². The molecule has 7 N–H and O–H groups in total. The van der Waals surface area contributed by atoms with Crippen LogP contribution in [0.3, 0.4) is 0 Å². The van der Waals surface area contributed by atoms with Gasteiger partial charge in [0.05, 0.1) is 25.0 Å². The second kappa shape index (κ2) is 19.3. The number of hydrazine groups is 1. The van der Waals surface area contributed by atoms with Gasteiger partial charge < -0.3 is 40.7 Å². The Balaban J connectivity index is 1.30. The van der Waals surface area contributed by atoms with Crippen LogP contribution in [0.25, 0.3) is 12.2 Å². The first-order chi connectivity index (χ1) is 28.3. The van der Waals surface area contributed by atoms with Gasteiger partial charge in [0, 0.05) is 30.4 Å². The minimum Gasteiger partial charge on any atom is -0.493 e. The van der Waals surface area contributed by atoms with Gasteiger partial charge in [-0.1, -0.05) is 98.3 Å². The first kappa shape index (κ1) is 42.8. The fraction of sp³-hybridized carbons (Fsp3) is 0.360. The summed E-state index contributed by atoms with van der Waals surface area (Å²) in [5.41, 5.74) is 21.4. The second-order valence-electron chi connectivity index (χ2n) is 17.1. The molecule has 2 aliphatic rings. The summed E-state index contributed by atoms with van der Waals surface area (Å²) < 4.78 is 25.8. The largest absolute Gasteiger partial charge is 0.493 e. The zero-order valence-electron chi connectivity index (χ0n) is 35.7. The van der Waals surface area contributed by atoms with E-state index in [0.717, 1.165) is 52.2 Å². The molecule has 0 spiro atoms. The van der Waals surface area contributed by atoms with E-state index in [1.54, 1.807) is 24.5 Å². The van der Waals surface area contributed by atoms with E-state index >= 15 is 0 Å². The van der Waals surface area contributed by atoms with Gasteiger partial charge in [-0.25, -0.2) is 5.84 Å². The van der Waals surface area contributed by atoms with Crippen LogP contribution in [0.5, 0.6) is 23.0 Å². The number of nitrogens with two attached hydrogens (primary N) is 3. The molecule has 6 rings (SSSR count). The molecule has 1 aliphatic carbocycles. The van der Waals surface area contributed by atoms with E-state index in [-0.39, 0.29) is 24.2 Å². The van der Waals surface area contributed by atoms with E-state index in [9.17, 15) is 0 Å². The zero-order chi connectivity index (χ0) is 42.0. The van der Waals surface area contributed by atoms with Crippen molar-refractivity contribution in [3.63, 3.8) is 0 Å². The van der Waals surface area contributed by atoms with Crippen LogP contribution < -0.4 is 41.6 Å². The van der Waals surface area contributed by atoms with Crippen molar-refractivity contribution >= 4 is 12.2 Å². The Bertz CT molecular complexity index is 2160. The van der Waals surface area contributed by atoms with Crippen LogP contribution in [0, 0.1) is 11.3 Å². The highest BCUT2D eigenvalue weighted by Crippen LogP contribution is 2.55. The molecule has 59 heavy (non-hydrogen) atoms. The molecule has 1 saturated carbocycles. The summed E-state index contributed by atoms with van der Waals surface area (Å²) in [6, 6.07) is 28.6. The first-order valence-electron chi connectivity index (χ1n) is 20.7. The molecule has 9 nitrogen and oxygen atoms in total. The number of hydrogen-bond acceptors (Lipinski definition) is 9. The number of rotatable bonds is 17. The molecule has 0 amide bonds. The molecule has 9 heteroatoms.